The molecular weight excluding hydrogens is 136 g/mol. The summed E-state index contributed by atoms with van der Waals surface area (Å²) in [5, 5.41) is 0. The van der Waals surface area contributed by atoms with E-state index >= 15 is 0 Å². The van der Waals surface area contributed by atoms with Crippen molar-refractivity contribution in [1.29, 1.82) is 0 Å². The summed E-state index contributed by atoms with van der Waals surface area (Å²) in [6.07, 6.45) is 6.37. The summed E-state index contributed by atoms with van der Waals surface area (Å²) in [6.45, 7) is 7.33. The molecule has 0 saturated heterocycles. The van der Waals surface area contributed by atoms with Crippen molar-refractivity contribution in [2.75, 3.05) is 0 Å². The van der Waals surface area contributed by atoms with Crippen LogP contribution in [0.1, 0.15) is 19.3 Å². The molecule has 1 nitrogen and oxygen atoms in total. The molecule has 0 bridgehead atoms. The molecule has 0 spiro atoms. The highest BCUT2D eigenvalue weighted by Gasteiger charge is 2.24. The highest BCUT2D eigenvalue weighted by molar-refractivity contribution is 5.83. The maximum Gasteiger partial charge on any atom is 0.140 e. The van der Waals surface area contributed by atoms with Gasteiger partial charge in [-0.2, -0.15) is 0 Å². The summed E-state index contributed by atoms with van der Waals surface area (Å²) in [5.74, 6) is 0.862. The van der Waals surface area contributed by atoms with Crippen LogP contribution in [0.5, 0.6) is 0 Å². The fraction of sp³-hybridized carbons (Fsp3) is 0.500. The Morgan fingerprint density at radius 1 is 1.27 bits per heavy atom. The van der Waals surface area contributed by atoms with Crippen LogP contribution in [0.2, 0.25) is 0 Å². The van der Waals surface area contributed by atoms with Gasteiger partial charge in [0.1, 0.15) is 5.78 Å². The van der Waals surface area contributed by atoms with Crippen molar-refractivity contribution in [2.45, 2.75) is 19.3 Å². The topological polar surface area (TPSA) is 17.1 Å². The van der Waals surface area contributed by atoms with E-state index in [4.69, 9.17) is 0 Å². The molecule has 0 aromatic carbocycles. The van der Waals surface area contributed by atoms with Crippen molar-refractivity contribution in [2.24, 2.45) is 11.8 Å². The average Bonchev–Trinajstić information content (AvgIpc) is 2.04. The van der Waals surface area contributed by atoms with E-state index in [0.717, 1.165) is 12.8 Å². The summed E-state index contributed by atoms with van der Waals surface area (Å²) in [7, 11) is 0. The Hall–Kier alpha value is -0.850. The van der Waals surface area contributed by atoms with E-state index < -0.39 is 0 Å². The zero-order chi connectivity index (χ0) is 8.27. The zero-order valence-corrected chi connectivity index (χ0v) is 6.75. The first-order valence-corrected chi connectivity index (χ1v) is 4.05. The van der Waals surface area contributed by atoms with Crippen LogP contribution in [0, 0.1) is 11.8 Å². The van der Waals surface area contributed by atoms with Gasteiger partial charge in [0.2, 0.25) is 0 Å². The molecule has 0 radical (unpaired) electrons. The normalized spacial score (nSPS) is 31.5. The molecule has 60 valence electrons. The Balaban J connectivity index is 2.53. The van der Waals surface area contributed by atoms with Gasteiger partial charge >= 0.3 is 0 Å². The molecule has 1 saturated carbocycles. The first-order chi connectivity index (χ1) is 5.27. The second kappa shape index (κ2) is 3.51. The fourth-order valence-corrected chi connectivity index (χ4v) is 1.52. The Labute approximate surface area is 67.8 Å². The van der Waals surface area contributed by atoms with Gasteiger partial charge in [-0.3, -0.25) is 4.79 Å². The molecule has 0 amide bonds. The minimum Gasteiger partial charge on any atom is -0.299 e. The molecule has 1 fully saturated rings. The summed E-state index contributed by atoms with van der Waals surface area (Å²) in [5.41, 5.74) is 0. The van der Waals surface area contributed by atoms with E-state index in [-0.39, 0.29) is 5.92 Å². The van der Waals surface area contributed by atoms with E-state index in [0.29, 0.717) is 18.1 Å². The summed E-state index contributed by atoms with van der Waals surface area (Å²) in [6, 6.07) is 0. The number of carbonyl (C=O) groups is 1. The number of hydrogen-bond acceptors (Lipinski definition) is 1. The molecule has 1 aliphatic carbocycles. The number of carbonyl (C=O) groups excluding carboxylic acids is 1. The molecule has 2 unspecified atom stereocenters. The lowest BCUT2D eigenvalue weighted by atomic mass is 9.81. The third-order valence-corrected chi connectivity index (χ3v) is 2.34. The van der Waals surface area contributed by atoms with Gasteiger partial charge in [0.15, 0.2) is 0 Å². The Bertz CT molecular complexity index is 181. The number of rotatable bonds is 2. The quantitative estimate of drug-likeness (QED) is 0.552. The first-order valence-electron chi connectivity index (χ1n) is 4.05. The van der Waals surface area contributed by atoms with Gasteiger partial charge in [0.05, 0.1) is 0 Å². The molecule has 11 heavy (non-hydrogen) atoms. The Morgan fingerprint density at radius 2 is 2.00 bits per heavy atom. The zero-order valence-electron chi connectivity index (χ0n) is 6.75. The van der Waals surface area contributed by atoms with Crippen LogP contribution in [-0.4, -0.2) is 5.78 Å². The van der Waals surface area contributed by atoms with Crippen molar-refractivity contribution in [1.82, 2.24) is 0 Å². The summed E-state index contributed by atoms with van der Waals surface area (Å²) >= 11 is 0. The van der Waals surface area contributed by atoms with Crippen LogP contribution in [0.15, 0.2) is 25.3 Å². The standard InChI is InChI=1S/C10H14O/c1-3-8-5-6-9(4-2)10(11)7-8/h3-4,8-9H,1-2,5-7H2. The Morgan fingerprint density at radius 3 is 2.45 bits per heavy atom. The molecule has 0 aromatic rings. The number of allylic oxidation sites excluding steroid dienone is 2. The van der Waals surface area contributed by atoms with Crippen molar-refractivity contribution in [3.05, 3.63) is 25.3 Å². The lowest BCUT2D eigenvalue weighted by Gasteiger charge is -2.22. The number of ketones is 1. The minimum atomic E-state index is 0.117. The fourth-order valence-electron chi connectivity index (χ4n) is 1.52. The highest BCUT2D eigenvalue weighted by atomic mass is 16.1. The summed E-state index contributed by atoms with van der Waals surface area (Å²) < 4.78 is 0. The van der Waals surface area contributed by atoms with Gasteiger partial charge in [-0.1, -0.05) is 12.2 Å². The molecule has 1 heteroatoms. The van der Waals surface area contributed by atoms with E-state index in [1.165, 1.54) is 0 Å². The molecule has 0 N–H and O–H groups in total. The lowest BCUT2D eigenvalue weighted by molar-refractivity contribution is -0.123. The smallest absolute Gasteiger partial charge is 0.140 e. The van der Waals surface area contributed by atoms with Gasteiger partial charge in [-0.25, -0.2) is 0 Å². The van der Waals surface area contributed by atoms with Crippen molar-refractivity contribution >= 4 is 5.78 Å². The van der Waals surface area contributed by atoms with Crippen LogP contribution in [-0.2, 0) is 4.79 Å². The van der Waals surface area contributed by atoms with Crippen molar-refractivity contribution in [3.8, 4) is 0 Å². The molecule has 2 atom stereocenters. The maximum absolute atomic E-state index is 11.3. The number of hydrogen-bond donors (Lipinski definition) is 0. The van der Waals surface area contributed by atoms with Gasteiger partial charge in [0.25, 0.3) is 0 Å². The van der Waals surface area contributed by atoms with E-state index in [1.54, 1.807) is 6.08 Å². The molecule has 0 aromatic heterocycles. The van der Waals surface area contributed by atoms with E-state index in [9.17, 15) is 4.79 Å². The van der Waals surface area contributed by atoms with Crippen LogP contribution < -0.4 is 0 Å². The molecule has 0 heterocycles. The molecule has 0 aliphatic heterocycles. The predicted molar refractivity (Wildman–Crippen MR) is 46.2 cm³/mol. The van der Waals surface area contributed by atoms with Crippen LogP contribution in [0.3, 0.4) is 0 Å². The Kier molecular flexibility index (Phi) is 2.64. The van der Waals surface area contributed by atoms with Gasteiger partial charge in [-0.05, 0) is 18.8 Å². The van der Waals surface area contributed by atoms with Crippen molar-refractivity contribution in [3.63, 3.8) is 0 Å². The third-order valence-electron chi connectivity index (χ3n) is 2.34. The lowest BCUT2D eigenvalue weighted by Crippen LogP contribution is -2.22. The number of Topliss-reactive ketones (excluding diaryl/α,β-unsaturated/α-hetero) is 1. The van der Waals surface area contributed by atoms with E-state index in [2.05, 4.69) is 13.2 Å². The predicted octanol–water partition coefficient (Wildman–Crippen LogP) is 2.34. The van der Waals surface area contributed by atoms with Gasteiger partial charge in [-0.15, -0.1) is 13.2 Å². The second-order valence-electron chi connectivity index (χ2n) is 3.09. The highest BCUT2D eigenvalue weighted by Crippen LogP contribution is 2.26. The van der Waals surface area contributed by atoms with Crippen LogP contribution >= 0.6 is 0 Å². The molecule has 1 rings (SSSR count). The SMILES string of the molecule is C=CC1CCC(C=C)C(=O)C1. The largest absolute Gasteiger partial charge is 0.299 e. The first kappa shape index (κ1) is 8.25. The molecular formula is C10H14O. The maximum atomic E-state index is 11.3. The average molecular weight is 150 g/mol. The van der Waals surface area contributed by atoms with E-state index in [1.807, 2.05) is 6.08 Å². The minimum absolute atomic E-state index is 0.117. The summed E-state index contributed by atoms with van der Waals surface area (Å²) in [4.78, 5) is 11.3. The van der Waals surface area contributed by atoms with Crippen LogP contribution in [0.4, 0.5) is 0 Å². The molecule has 1 aliphatic rings. The van der Waals surface area contributed by atoms with Gasteiger partial charge in [0, 0.05) is 12.3 Å². The van der Waals surface area contributed by atoms with Crippen LogP contribution in [0.25, 0.3) is 0 Å². The van der Waals surface area contributed by atoms with Gasteiger partial charge < -0.3 is 0 Å². The monoisotopic (exact) mass is 150 g/mol. The second-order valence-corrected chi connectivity index (χ2v) is 3.09. The third kappa shape index (κ3) is 1.79. The van der Waals surface area contributed by atoms with Crippen molar-refractivity contribution < 1.29 is 4.79 Å².